The first kappa shape index (κ1) is 16.1. The van der Waals surface area contributed by atoms with Crippen molar-refractivity contribution in [2.75, 3.05) is 11.4 Å². The Labute approximate surface area is 146 Å². The van der Waals surface area contributed by atoms with E-state index in [0.29, 0.717) is 18.2 Å². The molecule has 0 unspecified atom stereocenters. The number of benzene rings is 1. The number of amides is 1. The van der Waals surface area contributed by atoms with E-state index in [1.807, 2.05) is 24.0 Å². The maximum atomic E-state index is 12.6. The van der Waals surface area contributed by atoms with Gasteiger partial charge in [0, 0.05) is 4.88 Å². The van der Waals surface area contributed by atoms with Gasteiger partial charge in [-0.2, -0.15) is 0 Å². The van der Waals surface area contributed by atoms with Gasteiger partial charge in [-0.1, -0.05) is 25.1 Å². The van der Waals surface area contributed by atoms with Gasteiger partial charge in [0.2, 0.25) is 0 Å². The van der Waals surface area contributed by atoms with E-state index in [-0.39, 0.29) is 5.91 Å². The minimum Gasteiger partial charge on any atom is -0.334 e. The van der Waals surface area contributed by atoms with Gasteiger partial charge < -0.3 is 4.90 Å². The Morgan fingerprint density at radius 1 is 1.22 bits per heavy atom. The molecule has 2 heterocycles. The molecule has 0 saturated carbocycles. The Morgan fingerprint density at radius 2 is 2.00 bits per heavy atom. The normalized spacial score (nSPS) is 14.9. The number of carbonyl (C=O) groups excluding carboxylic acids is 1. The molecule has 1 aliphatic rings. The Morgan fingerprint density at radius 3 is 2.65 bits per heavy atom. The molecule has 1 aliphatic heterocycles. The number of anilines is 1. The van der Waals surface area contributed by atoms with Gasteiger partial charge in [-0.25, -0.2) is 0 Å². The molecule has 0 radical (unpaired) electrons. The number of carbonyl (C=O) groups is 1. The molecule has 1 aromatic heterocycles. The van der Waals surface area contributed by atoms with E-state index < -0.39 is 0 Å². The van der Waals surface area contributed by atoms with Crippen LogP contribution in [0, 0.1) is 13.8 Å². The van der Waals surface area contributed by atoms with Gasteiger partial charge in [-0.3, -0.25) is 9.69 Å². The average molecular weight is 345 g/mol. The highest BCUT2D eigenvalue weighted by Gasteiger charge is 2.35. The Hall–Kier alpha value is -1.72. The van der Waals surface area contributed by atoms with E-state index >= 15 is 0 Å². The zero-order valence-electron chi connectivity index (χ0n) is 13.6. The summed E-state index contributed by atoms with van der Waals surface area (Å²) in [5.41, 5.74) is 4.48. The molecular formula is C18H20N2OS2. The fraction of sp³-hybridized carbons (Fsp3) is 0.333. The molecule has 3 rings (SSSR count). The molecule has 2 aromatic rings. The fourth-order valence-electron chi connectivity index (χ4n) is 2.96. The zero-order chi connectivity index (χ0) is 16.6. The molecule has 23 heavy (non-hydrogen) atoms. The number of rotatable bonds is 4. The molecule has 0 N–H and O–H groups in total. The SMILES string of the molecule is CCc1cccc(C)c1N1C(=O)CN(Cc2sccc2C)C1=S. The fourth-order valence-corrected chi connectivity index (χ4v) is 4.20. The van der Waals surface area contributed by atoms with Crippen molar-refractivity contribution in [3.8, 4) is 0 Å². The second-order valence-corrected chi connectivity index (χ2v) is 7.20. The summed E-state index contributed by atoms with van der Waals surface area (Å²) in [6, 6.07) is 8.25. The minimum absolute atomic E-state index is 0.0632. The second-order valence-electron chi connectivity index (χ2n) is 5.83. The van der Waals surface area contributed by atoms with Crippen LogP contribution in [0.5, 0.6) is 0 Å². The predicted molar refractivity (Wildman–Crippen MR) is 100 cm³/mol. The number of thiophene rings is 1. The Bertz CT molecular complexity index is 766. The van der Waals surface area contributed by atoms with Crippen molar-refractivity contribution in [2.45, 2.75) is 33.7 Å². The average Bonchev–Trinajstić information content (AvgIpc) is 3.04. The summed E-state index contributed by atoms with van der Waals surface area (Å²) < 4.78 is 0. The molecule has 0 aliphatic carbocycles. The Balaban J connectivity index is 1.92. The Kier molecular flexibility index (Phi) is 4.50. The van der Waals surface area contributed by atoms with E-state index in [0.717, 1.165) is 23.2 Å². The molecule has 1 saturated heterocycles. The monoisotopic (exact) mass is 344 g/mol. The maximum absolute atomic E-state index is 12.6. The van der Waals surface area contributed by atoms with E-state index in [1.54, 1.807) is 16.2 Å². The van der Waals surface area contributed by atoms with Gasteiger partial charge in [0.05, 0.1) is 12.2 Å². The van der Waals surface area contributed by atoms with E-state index in [4.69, 9.17) is 12.2 Å². The number of aryl methyl sites for hydroxylation is 3. The summed E-state index contributed by atoms with van der Waals surface area (Å²) in [6.07, 6.45) is 0.882. The number of thiocarbonyl (C=S) groups is 1. The van der Waals surface area contributed by atoms with Gasteiger partial charge in [-0.05, 0) is 60.6 Å². The van der Waals surface area contributed by atoms with Crippen LogP contribution in [0.25, 0.3) is 0 Å². The molecule has 3 nitrogen and oxygen atoms in total. The summed E-state index contributed by atoms with van der Waals surface area (Å²) in [7, 11) is 0. The van der Waals surface area contributed by atoms with Crippen LogP contribution in [0.1, 0.15) is 28.5 Å². The van der Waals surface area contributed by atoms with Gasteiger partial charge in [-0.15, -0.1) is 11.3 Å². The highest BCUT2D eigenvalue weighted by Crippen LogP contribution is 2.31. The predicted octanol–water partition coefficient (Wildman–Crippen LogP) is 4.06. The molecule has 1 aromatic carbocycles. The summed E-state index contributed by atoms with van der Waals surface area (Å²) in [5.74, 6) is 0.0632. The number of hydrogen-bond acceptors (Lipinski definition) is 3. The topological polar surface area (TPSA) is 23.6 Å². The third kappa shape index (κ3) is 2.91. The first-order valence-electron chi connectivity index (χ1n) is 7.76. The van der Waals surface area contributed by atoms with Crippen molar-refractivity contribution in [2.24, 2.45) is 0 Å². The zero-order valence-corrected chi connectivity index (χ0v) is 15.3. The summed E-state index contributed by atoms with van der Waals surface area (Å²) in [6.45, 7) is 7.30. The molecule has 120 valence electrons. The van der Waals surface area contributed by atoms with Gasteiger partial charge in [0.1, 0.15) is 6.54 Å². The van der Waals surface area contributed by atoms with Gasteiger partial charge in [0.25, 0.3) is 5.91 Å². The quantitative estimate of drug-likeness (QED) is 0.782. The van der Waals surface area contributed by atoms with Crippen molar-refractivity contribution >= 4 is 40.3 Å². The lowest BCUT2D eigenvalue weighted by molar-refractivity contribution is -0.116. The summed E-state index contributed by atoms with van der Waals surface area (Å²) >= 11 is 7.36. The molecule has 1 amide bonds. The van der Waals surface area contributed by atoms with Crippen molar-refractivity contribution in [3.05, 3.63) is 51.2 Å². The van der Waals surface area contributed by atoms with Crippen molar-refractivity contribution in [1.82, 2.24) is 4.90 Å². The highest BCUT2D eigenvalue weighted by atomic mass is 32.1. The maximum Gasteiger partial charge on any atom is 0.252 e. The standard InChI is InChI=1S/C18H20N2OS2/c1-4-14-7-5-6-13(3)17(14)20-16(21)11-19(18(20)22)10-15-12(2)8-9-23-15/h5-9H,4,10-11H2,1-3H3. The van der Waals surface area contributed by atoms with Gasteiger partial charge >= 0.3 is 0 Å². The van der Waals surface area contributed by atoms with Gasteiger partial charge in [0.15, 0.2) is 5.11 Å². The number of para-hydroxylation sites is 1. The van der Waals surface area contributed by atoms with Crippen LogP contribution in [-0.4, -0.2) is 22.5 Å². The van der Waals surface area contributed by atoms with E-state index in [2.05, 4.69) is 31.4 Å². The van der Waals surface area contributed by atoms with Crippen LogP contribution in [0.4, 0.5) is 5.69 Å². The first-order chi connectivity index (χ1) is 11.0. The third-order valence-electron chi connectivity index (χ3n) is 4.27. The molecule has 5 heteroatoms. The third-order valence-corrected chi connectivity index (χ3v) is 5.71. The molecule has 0 atom stereocenters. The number of nitrogens with zero attached hydrogens (tertiary/aromatic N) is 2. The molecular weight excluding hydrogens is 324 g/mol. The lowest BCUT2D eigenvalue weighted by Crippen LogP contribution is -2.33. The van der Waals surface area contributed by atoms with Crippen molar-refractivity contribution < 1.29 is 4.79 Å². The van der Waals surface area contributed by atoms with Crippen LogP contribution >= 0.6 is 23.6 Å². The summed E-state index contributed by atoms with van der Waals surface area (Å²) in [4.78, 5) is 17.6. The second kappa shape index (κ2) is 6.42. The molecule has 1 fully saturated rings. The largest absolute Gasteiger partial charge is 0.334 e. The first-order valence-corrected chi connectivity index (χ1v) is 9.05. The lowest BCUT2D eigenvalue weighted by atomic mass is 10.0. The van der Waals surface area contributed by atoms with Crippen LogP contribution in [-0.2, 0) is 17.8 Å². The van der Waals surface area contributed by atoms with Crippen LogP contribution in [0.2, 0.25) is 0 Å². The molecule has 0 spiro atoms. The summed E-state index contributed by atoms with van der Waals surface area (Å²) in [5, 5.41) is 2.70. The van der Waals surface area contributed by atoms with Crippen molar-refractivity contribution in [1.29, 1.82) is 0 Å². The van der Waals surface area contributed by atoms with Crippen LogP contribution in [0.3, 0.4) is 0 Å². The van der Waals surface area contributed by atoms with E-state index in [1.165, 1.54) is 10.4 Å². The van der Waals surface area contributed by atoms with E-state index in [9.17, 15) is 4.79 Å². The van der Waals surface area contributed by atoms with Crippen LogP contribution < -0.4 is 4.90 Å². The van der Waals surface area contributed by atoms with Crippen molar-refractivity contribution in [3.63, 3.8) is 0 Å². The lowest BCUT2D eigenvalue weighted by Gasteiger charge is -2.23. The molecule has 0 bridgehead atoms. The smallest absolute Gasteiger partial charge is 0.252 e. The van der Waals surface area contributed by atoms with Crippen LogP contribution in [0.15, 0.2) is 29.6 Å². The minimum atomic E-state index is 0.0632. The number of hydrogen-bond donors (Lipinski definition) is 0. The highest BCUT2D eigenvalue weighted by molar-refractivity contribution is 7.80.